The second-order valence-electron chi connectivity index (χ2n) is 6.71. The van der Waals surface area contributed by atoms with Gasteiger partial charge < -0.3 is 10.0 Å². The summed E-state index contributed by atoms with van der Waals surface area (Å²) in [5.41, 5.74) is 0.764. The van der Waals surface area contributed by atoms with Gasteiger partial charge >= 0.3 is 0 Å². The van der Waals surface area contributed by atoms with Gasteiger partial charge in [0.15, 0.2) is 0 Å². The number of hydrogen-bond acceptors (Lipinski definition) is 3. The van der Waals surface area contributed by atoms with Crippen molar-refractivity contribution in [1.29, 1.82) is 0 Å². The van der Waals surface area contributed by atoms with Crippen LogP contribution in [0.2, 0.25) is 0 Å². The molecule has 0 radical (unpaired) electrons. The van der Waals surface area contributed by atoms with E-state index in [4.69, 9.17) is 0 Å². The van der Waals surface area contributed by atoms with E-state index in [1.54, 1.807) is 16.2 Å². The molecule has 0 saturated carbocycles. The van der Waals surface area contributed by atoms with Crippen molar-refractivity contribution in [3.05, 3.63) is 21.4 Å². The molecule has 2 heterocycles. The maximum atomic E-state index is 12.5. The number of amides is 1. The Morgan fingerprint density at radius 3 is 2.90 bits per heavy atom. The van der Waals surface area contributed by atoms with E-state index < -0.39 is 5.60 Å². The van der Waals surface area contributed by atoms with E-state index in [0.29, 0.717) is 13.1 Å². The van der Waals surface area contributed by atoms with Crippen LogP contribution in [-0.2, 0) is 12.8 Å². The van der Waals surface area contributed by atoms with Gasteiger partial charge in [0.05, 0.1) is 23.6 Å². The summed E-state index contributed by atoms with van der Waals surface area (Å²) in [5.74, 6) is 0.900. The predicted octanol–water partition coefficient (Wildman–Crippen LogP) is 3.25. The van der Waals surface area contributed by atoms with E-state index >= 15 is 0 Å². The highest BCUT2D eigenvalue weighted by Crippen LogP contribution is 2.35. The zero-order valence-electron chi connectivity index (χ0n) is 13.0. The van der Waals surface area contributed by atoms with Crippen LogP contribution in [0.15, 0.2) is 6.07 Å². The third kappa shape index (κ3) is 2.88. The molecule has 0 spiro atoms. The number of likely N-dealkylation sites (tertiary alicyclic amines) is 1. The van der Waals surface area contributed by atoms with Gasteiger partial charge in [0.2, 0.25) is 0 Å². The normalized spacial score (nSPS) is 23.6. The van der Waals surface area contributed by atoms with Crippen molar-refractivity contribution in [2.24, 2.45) is 5.92 Å². The third-order valence-corrected chi connectivity index (χ3v) is 6.17. The van der Waals surface area contributed by atoms with Crippen LogP contribution >= 0.6 is 11.3 Å². The first-order valence-corrected chi connectivity index (χ1v) is 8.99. The van der Waals surface area contributed by atoms with Gasteiger partial charge in [-0.3, -0.25) is 4.79 Å². The fraction of sp³-hybridized carbons (Fsp3) is 0.706. The van der Waals surface area contributed by atoms with Crippen LogP contribution in [0.1, 0.15) is 59.6 Å². The minimum atomic E-state index is -0.630. The SMILES string of the molecule is CCCC1(O)CN(C(=O)c2cc3c(s2)CCC(CC)C3)C1. The van der Waals surface area contributed by atoms with Crippen molar-refractivity contribution in [1.82, 2.24) is 4.90 Å². The van der Waals surface area contributed by atoms with Gasteiger partial charge in [-0.25, -0.2) is 0 Å². The molecule has 4 heteroatoms. The minimum absolute atomic E-state index is 0.114. The fourth-order valence-electron chi connectivity index (χ4n) is 3.64. The zero-order chi connectivity index (χ0) is 15.0. The Bertz CT molecular complexity index is 531. The highest BCUT2D eigenvalue weighted by Gasteiger charge is 2.43. The largest absolute Gasteiger partial charge is 0.386 e. The van der Waals surface area contributed by atoms with Crippen molar-refractivity contribution < 1.29 is 9.90 Å². The Kier molecular flexibility index (Phi) is 4.10. The van der Waals surface area contributed by atoms with Gasteiger partial charge in [0.25, 0.3) is 5.91 Å². The summed E-state index contributed by atoms with van der Waals surface area (Å²) in [4.78, 5) is 16.6. The summed E-state index contributed by atoms with van der Waals surface area (Å²) in [6.45, 7) is 5.32. The van der Waals surface area contributed by atoms with E-state index in [1.165, 1.54) is 23.3 Å². The van der Waals surface area contributed by atoms with Crippen molar-refractivity contribution in [2.75, 3.05) is 13.1 Å². The minimum Gasteiger partial charge on any atom is -0.386 e. The first-order valence-electron chi connectivity index (χ1n) is 8.18. The van der Waals surface area contributed by atoms with Gasteiger partial charge in [0, 0.05) is 4.88 Å². The monoisotopic (exact) mass is 307 g/mol. The molecule has 1 amide bonds. The highest BCUT2D eigenvalue weighted by atomic mass is 32.1. The molecule has 1 aliphatic heterocycles. The van der Waals surface area contributed by atoms with Gasteiger partial charge in [-0.1, -0.05) is 26.7 Å². The van der Waals surface area contributed by atoms with Gasteiger partial charge in [-0.15, -0.1) is 11.3 Å². The maximum Gasteiger partial charge on any atom is 0.264 e. The number of thiophene rings is 1. The van der Waals surface area contributed by atoms with Gasteiger partial charge in [-0.2, -0.15) is 0 Å². The van der Waals surface area contributed by atoms with Gasteiger partial charge in [0.1, 0.15) is 0 Å². The molecular weight excluding hydrogens is 282 g/mol. The van der Waals surface area contributed by atoms with Crippen molar-refractivity contribution >= 4 is 17.2 Å². The van der Waals surface area contributed by atoms with Crippen molar-refractivity contribution in [3.63, 3.8) is 0 Å². The number of β-amino-alcohol motifs (C(OH)–C–C–N with tert-alkyl or cyclic N) is 1. The van der Waals surface area contributed by atoms with Crippen molar-refractivity contribution in [2.45, 2.75) is 58.0 Å². The molecular formula is C17H25NO2S. The molecule has 3 nitrogen and oxygen atoms in total. The topological polar surface area (TPSA) is 40.5 Å². The number of carbonyl (C=O) groups excluding carboxylic acids is 1. The molecule has 1 saturated heterocycles. The number of rotatable bonds is 4. The molecule has 0 bridgehead atoms. The molecule has 1 aliphatic carbocycles. The standard InChI is InChI=1S/C17H25NO2S/c1-3-7-17(20)10-18(11-17)16(19)15-9-13-8-12(4-2)5-6-14(13)21-15/h9,12,20H,3-8,10-11H2,1-2H3. The lowest BCUT2D eigenvalue weighted by atomic mass is 9.86. The molecule has 1 fully saturated rings. The summed E-state index contributed by atoms with van der Waals surface area (Å²) < 4.78 is 0. The van der Waals surface area contributed by atoms with E-state index in [1.807, 2.05) is 0 Å². The number of aliphatic hydroxyl groups is 1. The lowest BCUT2D eigenvalue weighted by Crippen LogP contribution is -2.63. The van der Waals surface area contributed by atoms with Crippen LogP contribution in [0, 0.1) is 5.92 Å². The molecule has 116 valence electrons. The highest BCUT2D eigenvalue weighted by molar-refractivity contribution is 7.14. The average molecular weight is 307 g/mol. The molecule has 1 aromatic rings. The quantitative estimate of drug-likeness (QED) is 0.927. The summed E-state index contributed by atoms with van der Waals surface area (Å²) in [5, 5.41) is 10.2. The van der Waals surface area contributed by atoms with Crippen LogP contribution < -0.4 is 0 Å². The van der Waals surface area contributed by atoms with Gasteiger partial charge in [-0.05, 0) is 43.2 Å². The summed E-state index contributed by atoms with van der Waals surface area (Å²) in [7, 11) is 0. The van der Waals surface area contributed by atoms with Crippen molar-refractivity contribution in [3.8, 4) is 0 Å². The lowest BCUT2D eigenvalue weighted by Gasteiger charge is -2.46. The zero-order valence-corrected chi connectivity index (χ0v) is 13.8. The van der Waals surface area contributed by atoms with E-state index in [9.17, 15) is 9.90 Å². The van der Waals surface area contributed by atoms with E-state index in [-0.39, 0.29) is 5.91 Å². The Morgan fingerprint density at radius 2 is 2.24 bits per heavy atom. The second-order valence-corrected chi connectivity index (χ2v) is 7.85. The Morgan fingerprint density at radius 1 is 1.48 bits per heavy atom. The van der Waals surface area contributed by atoms with E-state index in [0.717, 1.165) is 36.5 Å². The molecule has 1 unspecified atom stereocenters. The molecule has 1 atom stereocenters. The summed E-state index contributed by atoms with van der Waals surface area (Å²) in [6.07, 6.45) is 6.51. The Balaban J connectivity index is 1.66. The van der Waals surface area contributed by atoms with Crippen LogP contribution in [-0.4, -0.2) is 34.6 Å². The first kappa shape index (κ1) is 15.0. The maximum absolute atomic E-state index is 12.5. The molecule has 1 N–H and O–H groups in total. The lowest BCUT2D eigenvalue weighted by molar-refractivity contribution is -0.0858. The van der Waals surface area contributed by atoms with Crippen LogP contribution in [0.5, 0.6) is 0 Å². The average Bonchev–Trinajstić information content (AvgIpc) is 2.86. The molecule has 0 aromatic carbocycles. The fourth-order valence-corrected chi connectivity index (χ4v) is 4.82. The van der Waals surface area contributed by atoms with E-state index in [2.05, 4.69) is 19.9 Å². The van der Waals surface area contributed by atoms with Crippen LogP contribution in [0.3, 0.4) is 0 Å². The smallest absolute Gasteiger partial charge is 0.264 e. The predicted molar refractivity (Wildman–Crippen MR) is 85.9 cm³/mol. The Hall–Kier alpha value is -0.870. The Labute approximate surface area is 131 Å². The number of aryl methyl sites for hydroxylation is 1. The molecule has 2 aliphatic rings. The summed E-state index contributed by atoms with van der Waals surface area (Å²) >= 11 is 1.67. The number of carbonyl (C=O) groups is 1. The second kappa shape index (κ2) is 5.73. The van der Waals surface area contributed by atoms with Crippen LogP contribution in [0.4, 0.5) is 0 Å². The molecule has 1 aromatic heterocycles. The summed E-state index contributed by atoms with van der Waals surface area (Å²) in [6, 6.07) is 2.11. The molecule has 21 heavy (non-hydrogen) atoms. The number of nitrogens with zero attached hydrogens (tertiary/aromatic N) is 1. The van der Waals surface area contributed by atoms with Crippen LogP contribution in [0.25, 0.3) is 0 Å². The molecule has 3 rings (SSSR count). The number of hydrogen-bond donors (Lipinski definition) is 1. The number of fused-ring (bicyclic) bond motifs is 1. The first-order chi connectivity index (χ1) is 10.0. The third-order valence-electron chi connectivity index (χ3n) is 4.95.